The molecule has 6 heteroatoms. The zero-order valence-corrected chi connectivity index (χ0v) is 16.6. The lowest BCUT2D eigenvalue weighted by atomic mass is 9.99. The molecule has 0 aromatic carbocycles. The molecule has 0 spiro atoms. The Morgan fingerprint density at radius 1 is 1.26 bits per heavy atom. The summed E-state index contributed by atoms with van der Waals surface area (Å²) < 4.78 is 5.23. The average molecular weight is 380 g/mol. The number of aliphatic hydroxyl groups is 4. The van der Waals surface area contributed by atoms with E-state index in [4.69, 9.17) is 4.74 Å². The number of hydrogen-bond acceptors (Lipinski definition) is 6. The highest BCUT2D eigenvalue weighted by molar-refractivity contribution is 6.03. The second kappa shape index (κ2) is 9.99. The van der Waals surface area contributed by atoms with Gasteiger partial charge < -0.3 is 25.2 Å². The molecule has 152 valence electrons. The maximum atomic E-state index is 12.0. The van der Waals surface area contributed by atoms with Gasteiger partial charge in [-0.05, 0) is 33.6 Å². The van der Waals surface area contributed by atoms with Gasteiger partial charge in [-0.25, -0.2) is 0 Å². The minimum Gasteiger partial charge on any atom is -0.456 e. The molecule has 1 heterocycles. The van der Waals surface area contributed by atoms with E-state index in [9.17, 15) is 25.2 Å². The molecule has 0 saturated carbocycles. The summed E-state index contributed by atoms with van der Waals surface area (Å²) in [5.74, 6) is -2.75. The normalized spacial score (nSPS) is 25.1. The molecule has 1 aliphatic rings. The topological polar surface area (TPSA) is 107 Å². The van der Waals surface area contributed by atoms with Gasteiger partial charge in [-0.2, -0.15) is 0 Å². The summed E-state index contributed by atoms with van der Waals surface area (Å²) in [7, 11) is 0. The SMILES string of the molecule is C=C(C)C(O)C(C)C=CC=CCCC(O)CC1=C(C)C(=O)C(O)(C(C)O)O1. The molecule has 0 aromatic heterocycles. The fourth-order valence-corrected chi connectivity index (χ4v) is 2.75. The Morgan fingerprint density at radius 3 is 2.41 bits per heavy atom. The molecular weight excluding hydrogens is 348 g/mol. The maximum absolute atomic E-state index is 12.0. The van der Waals surface area contributed by atoms with Crippen LogP contribution < -0.4 is 0 Å². The Kier molecular flexibility index (Phi) is 8.62. The van der Waals surface area contributed by atoms with Crippen LogP contribution in [0.3, 0.4) is 0 Å². The van der Waals surface area contributed by atoms with Crippen molar-refractivity contribution < 1.29 is 30.0 Å². The third-order valence-electron chi connectivity index (χ3n) is 4.68. The van der Waals surface area contributed by atoms with Crippen molar-refractivity contribution in [3.05, 3.63) is 47.8 Å². The molecule has 0 aliphatic carbocycles. The average Bonchev–Trinajstić information content (AvgIpc) is 2.81. The van der Waals surface area contributed by atoms with E-state index >= 15 is 0 Å². The molecule has 1 aliphatic heterocycles. The van der Waals surface area contributed by atoms with Crippen LogP contribution in [0.5, 0.6) is 0 Å². The van der Waals surface area contributed by atoms with Gasteiger partial charge in [-0.15, -0.1) is 0 Å². The zero-order valence-electron chi connectivity index (χ0n) is 16.6. The van der Waals surface area contributed by atoms with E-state index in [-0.39, 0.29) is 23.7 Å². The Morgan fingerprint density at radius 2 is 1.89 bits per heavy atom. The van der Waals surface area contributed by atoms with Crippen molar-refractivity contribution in [1.82, 2.24) is 0 Å². The third-order valence-corrected chi connectivity index (χ3v) is 4.68. The smallest absolute Gasteiger partial charge is 0.298 e. The maximum Gasteiger partial charge on any atom is 0.298 e. The number of carbonyl (C=O) groups is 1. The van der Waals surface area contributed by atoms with E-state index < -0.39 is 29.9 Å². The Hall–Kier alpha value is -1.73. The second-order valence-electron chi connectivity index (χ2n) is 7.25. The van der Waals surface area contributed by atoms with Gasteiger partial charge in [-0.3, -0.25) is 4.79 Å². The van der Waals surface area contributed by atoms with Gasteiger partial charge in [0, 0.05) is 17.9 Å². The number of carbonyl (C=O) groups excluding carboxylic acids is 1. The van der Waals surface area contributed by atoms with Crippen LogP contribution in [0.15, 0.2) is 47.8 Å². The molecule has 6 nitrogen and oxygen atoms in total. The lowest BCUT2D eigenvalue weighted by Crippen LogP contribution is -2.47. The van der Waals surface area contributed by atoms with E-state index in [0.29, 0.717) is 12.8 Å². The summed E-state index contributed by atoms with van der Waals surface area (Å²) in [4.78, 5) is 12.0. The number of ketones is 1. The zero-order chi connectivity index (χ0) is 20.8. The highest BCUT2D eigenvalue weighted by Crippen LogP contribution is 2.33. The van der Waals surface area contributed by atoms with E-state index in [0.717, 1.165) is 5.57 Å². The predicted molar refractivity (Wildman–Crippen MR) is 104 cm³/mol. The molecule has 5 unspecified atom stereocenters. The van der Waals surface area contributed by atoms with Crippen molar-refractivity contribution in [1.29, 1.82) is 0 Å². The van der Waals surface area contributed by atoms with E-state index in [1.807, 2.05) is 31.2 Å². The summed E-state index contributed by atoms with van der Waals surface area (Å²) in [6.07, 6.45) is 5.97. The standard InChI is InChI=1S/C21H32O6/c1-13(2)19(24)14(3)10-8-6-7-9-11-17(23)12-18-15(4)20(25)21(26,27-18)16(5)22/h6-8,10,14,16-17,19,22-24,26H,1,9,11-12H2,2-5H3. The minimum atomic E-state index is -2.26. The first-order valence-electron chi connectivity index (χ1n) is 9.19. The number of hydrogen-bond donors (Lipinski definition) is 4. The summed E-state index contributed by atoms with van der Waals surface area (Å²) in [5, 5.41) is 39.6. The van der Waals surface area contributed by atoms with Gasteiger partial charge in [0.2, 0.25) is 5.78 Å². The van der Waals surface area contributed by atoms with Crippen LogP contribution in [0.1, 0.15) is 47.0 Å². The van der Waals surface area contributed by atoms with Gasteiger partial charge >= 0.3 is 0 Å². The van der Waals surface area contributed by atoms with Crippen LogP contribution in [0.25, 0.3) is 0 Å². The van der Waals surface area contributed by atoms with Crippen molar-refractivity contribution in [3.63, 3.8) is 0 Å². The number of rotatable bonds is 10. The second-order valence-corrected chi connectivity index (χ2v) is 7.25. The van der Waals surface area contributed by atoms with E-state index in [1.165, 1.54) is 13.8 Å². The van der Waals surface area contributed by atoms with Crippen LogP contribution in [0.2, 0.25) is 0 Å². The number of Topliss-reactive ketones (excluding diaryl/α,β-unsaturated/α-hetero) is 1. The molecular formula is C21H32O6. The predicted octanol–water partition coefficient (Wildman–Crippen LogP) is 2.15. The molecule has 27 heavy (non-hydrogen) atoms. The highest BCUT2D eigenvalue weighted by Gasteiger charge is 2.50. The van der Waals surface area contributed by atoms with Crippen LogP contribution in [-0.4, -0.2) is 50.3 Å². The van der Waals surface area contributed by atoms with Gasteiger partial charge in [0.1, 0.15) is 11.9 Å². The van der Waals surface area contributed by atoms with Crippen LogP contribution in [-0.2, 0) is 9.53 Å². The van der Waals surface area contributed by atoms with Crippen LogP contribution in [0.4, 0.5) is 0 Å². The van der Waals surface area contributed by atoms with Gasteiger partial charge in [0.15, 0.2) is 0 Å². The molecule has 0 radical (unpaired) electrons. The Labute approximate surface area is 161 Å². The lowest BCUT2D eigenvalue weighted by Gasteiger charge is -2.25. The largest absolute Gasteiger partial charge is 0.456 e. The van der Waals surface area contributed by atoms with Gasteiger partial charge in [0.05, 0.1) is 12.2 Å². The van der Waals surface area contributed by atoms with Crippen molar-refractivity contribution in [2.45, 2.75) is 71.1 Å². The Bertz CT molecular complexity index is 631. The molecule has 0 aromatic rings. The molecule has 4 N–H and O–H groups in total. The Balaban J connectivity index is 2.45. The van der Waals surface area contributed by atoms with Crippen LogP contribution in [0, 0.1) is 5.92 Å². The summed E-state index contributed by atoms with van der Waals surface area (Å²) >= 11 is 0. The van der Waals surface area contributed by atoms with Crippen molar-refractivity contribution in [3.8, 4) is 0 Å². The van der Waals surface area contributed by atoms with Crippen LogP contribution >= 0.6 is 0 Å². The van der Waals surface area contributed by atoms with Gasteiger partial charge in [0.25, 0.3) is 5.79 Å². The summed E-state index contributed by atoms with van der Waals surface area (Å²) in [5.41, 5.74) is 0.944. The number of aliphatic hydroxyl groups excluding tert-OH is 3. The first-order valence-corrected chi connectivity index (χ1v) is 9.19. The first kappa shape index (κ1) is 23.3. The molecule has 1 rings (SSSR count). The van der Waals surface area contributed by atoms with Crippen molar-refractivity contribution >= 4 is 5.78 Å². The molecule has 0 saturated heterocycles. The molecule has 0 fully saturated rings. The van der Waals surface area contributed by atoms with Crippen molar-refractivity contribution in [2.24, 2.45) is 5.92 Å². The number of allylic oxidation sites excluding steroid dienone is 3. The van der Waals surface area contributed by atoms with E-state index in [2.05, 4.69) is 6.58 Å². The monoisotopic (exact) mass is 380 g/mol. The third kappa shape index (κ3) is 6.14. The van der Waals surface area contributed by atoms with Crippen molar-refractivity contribution in [2.75, 3.05) is 0 Å². The molecule has 5 atom stereocenters. The highest BCUT2D eigenvalue weighted by atomic mass is 16.6. The minimum absolute atomic E-state index is 0.0302. The fourth-order valence-electron chi connectivity index (χ4n) is 2.75. The lowest BCUT2D eigenvalue weighted by molar-refractivity contribution is -0.213. The number of ether oxygens (including phenoxy) is 1. The summed E-state index contributed by atoms with van der Waals surface area (Å²) in [6.45, 7) is 10.2. The van der Waals surface area contributed by atoms with Gasteiger partial charge in [-0.1, -0.05) is 43.4 Å². The molecule has 0 amide bonds. The van der Waals surface area contributed by atoms with E-state index in [1.54, 1.807) is 6.92 Å². The summed E-state index contributed by atoms with van der Waals surface area (Å²) in [6, 6.07) is 0. The quantitative estimate of drug-likeness (QED) is 0.342. The molecule has 0 bridgehead atoms. The fraction of sp³-hybridized carbons (Fsp3) is 0.571. The first-order chi connectivity index (χ1) is 12.5.